The lowest BCUT2D eigenvalue weighted by Crippen LogP contribution is -2.21. The summed E-state index contributed by atoms with van der Waals surface area (Å²) in [5, 5.41) is 0. The van der Waals surface area contributed by atoms with Gasteiger partial charge in [0, 0.05) is 0 Å². The van der Waals surface area contributed by atoms with E-state index in [9.17, 15) is 0 Å². The molecule has 0 nitrogen and oxygen atoms in total. The van der Waals surface area contributed by atoms with Gasteiger partial charge in [0.2, 0.25) is 0 Å². The molecule has 0 saturated heterocycles. The first-order valence-corrected chi connectivity index (χ1v) is 7.12. The van der Waals surface area contributed by atoms with Crippen LogP contribution >= 0.6 is 0 Å². The van der Waals surface area contributed by atoms with Crippen LogP contribution in [0.15, 0.2) is 24.3 Å². The van der Waals surface area contributed by atoms with Crippen LogP contribution in [0.4, 0.5) is 0 Å². The average Bonchev–Trinajstić information content (AvgIpc) is 2.90. The van der Waals surface area contributed by atoms with Crippen molar-refractivity contribution >= 4 is 0 Å². The van der Waals surface area contributed by atoms with Gasteiger partial charge in [-0.25, -0.2) is 0 Å². The number of hydrogen-bond acceptors (Lipinski definition) is 0. The van der Waals surface area contributed by atoms with E-state index in [0.29, 0.717) is 0 Å². The second-order valence-electron chi connectivity index (χ2n) is 6.73. The average molecular weight is 214 g/mol. The van der Waals surface area contributed by atoms with E-state index in [0.717, 1.165) is 35.5 Å². The van der Waals surface area contributed by atoms with Crippen LogP contribution in [-0.2, 0) is 0 Å². The van der Waals surface area contributed by atoms with Crippen LogP contribution in [0.2, 0.25) is 0 Å². The van der Waals surface area contributed by atoms with Crippen molar-refractivity contribution in [2.75, 3.05) is 0 Å². The van der Waals surface area contributed by atoms with Crippen LogP contribution in [0.5, 0.6) is 0 Å². The van der Waals surface area contributed by atoms with Crippen molar-refractivity contribution in [3.63, 3.8) is 0 Å². The third kappa shape index (κ3) is 1.02. The molecule has 0 heteroatoms. The lowest BCUT2D eigenvalue weighted by Gasteiger charge is -2.29. The van der Waals surface area contributed by atoms with Crippen molar-refractivity contribution in [2.45, 2.75) is 38.5 Å². The van der Waals surface area contributed by atoms with Crippen LogP contribution in [0.25, 0.3) is 0 Å². The van der Waals surface area contributed by atoms with Crippen molar-refractivity contribution in [3.05, 3.63) is 24.3 Å². The Balaban J connectivity index is 1.78. The summed E-state index contributed by atoms with van der Waals surface area (Å²) in [7, 11) is 0. The number of rotatable bonds is 0. The Labute approximate surface area is 98.8 Å². The molecule has 6 unspecified atom stereocenters. The van der Waals surface area contributed by atoms with Gasteiger partial charge in [-0.15, -0.1) is 0 Å². The van der Waals surface area contributed by atoms with Crippen molar-refractivity contribution < 1.29 is 0 Å². The number of hydrogen-bond donors (Lipinski definition) is 0. The summed E-state index contributed by atoms with van der Waals surface area (Å²) >= 11 is 0. The number of fused-ring (bicyclic) bond motifs is 1. The standard InChI is InChI=1S/C16H22/c1-9-3-4-11-5-6-13-10(2)14-7-12(9)8-15(14)16(11)13/h11-16H,1-8H2. The van der Waals surface area contributed by atoms with E-state index in [2.05, 4.69) is 13.2 Å². The van der Waals surface area contributed by atoms with E-state index < -0.39 is 0 Å². The number of allylic oxidation sites excluding steroid dienone is 2. The highest BCUT2D eigenvalue weighted by molar-refractivity contribution is 5.26. The molecular weight excluding hydrogens is 192 g/mol. The van der Waals surface area contributed by atoms with E-state index in [-0.39, 0.29) is 0 Å². The summed E-state index contributed by atoms with van der Waals surface area (Å²) in [6.07, 6.45) is 8.56. The zero-order chi connectivity index (χ0) is 10.9. The summed E-state index contributed by atoms with van der Waals surface area (Å²) in [5.41, 5.74) is 3.22. The van der Waals surface area contributed by atoms with Crippen molar-refractivity contribution in [1.82, 2.24) is 0 Å². The third-order valence-corrected chi connectivity index (χ3v) is 6.33. The molecule has 0 heterocycles. The molecule has 4 saturated carbocycles. The Kier molecular flexibility index (Phi) is 1.80. The molecule has 0 amide bonds. The molecule has 4 rings (SSSR count). The first kappa shape index (κ1) is 9.50. The first-order chi connectivity index (χ1) is 7.75. The predicted octanol–water partition coefficient (Wildman–Crippen LogP) is 4.19. The first-order valence-electron chi connectivity index (χ1n) is 7.12. The summed E-state index contributed by atoms with van der Waals surface area (Å²) in [6, 6.07) is 0. The molecule has 0 spiro atoms. The van der Waals surface area contributed by atoms with Gasteiger partial charge >= 0.3 is 0 Å². The fourth-order valence-electron chi connectivity index (χ4n) is 5.63. The Morgan fingerprint density at radius 2 is 1.81 bits per heavy atom. The Morgan fingerprint density at radius 3 is 2.69 bits per heavy atom. The maximum absolute atomic E-state index is 4.46. The topological polar surface area (TPSA) is 0 Å². The zero-order valence-electron chi connectivity index (χ0n) is 10.1. The molecule has 0 N–H and O–H groups in total. The van der Waals surface area contributed by atoms with Gasteiger partial charge in [0.15, 0.2) is 0 Å². The van der Waals surface area contributed by atoms with Crippen LogP contribution in [0.1, 0.15) is 38.5 Å². The smallest absolute Gasteiger partial charge is 0.0166 e. The van der Waals surface area contributed by atoms with E-state index >= 15 is 0 Å². The summed E-state index contributed by atoms with van der Waals surface area (Å²) < 4.78 is 0. The fraction of sp³-hybridized carbons (Fsp3) is 0.750. The zero-order valence-corrected chi connectivity index (χ0v) is 10.1. The summed E-state index contributed by atoms with van der Waals surface area (Å²) in [5.74, 6) is 5.73. The molecule has 6 atom stereocenters. The van der Waals surface area contributed by atoms with Crippen molar-refractivity contribution in [3.8, 4) is 0 Å². The fourth-order valence-corrected chi connectivity index (χ4v) is 5.63. The van der Waals surface area contributed by atoms with Crippen LogP contribution in [-0.4, -0.2) is 0 Å². The predicted molar refractivity (Wildman–Crippen MR) is 66.9 cm³/mol. The van der Waals surface area contributed by atoms with Crippen LogP contribution < -0.4 is 0 Å². The van der Waals surface area contributed by atoms with Gasteiger partial charge in [0.25, 0.3) is 0 Å². The highest BCUT2D eigenvalue weighted by atomic mass is 14.6. The van der Waals surface area contributed by atoms with Crippen molar-refractivity contribution in [2.24, 2.45) is 35.5 Å². The molecule has 0 aromatic heterocycles. The molecule has 0 radical (unpaired) electrons. The normalized spacial score (nSPS) is 54.2. The van der Waals surface area contributed by atoms with Crippen molar-refractivity contribution in [1.29, 1.82) is 0 Å². The minimum absolute atomic E-state index is 0.856. The summed E-state index contributed by atoms with van der Waals surface area (Å²) in [6.45, 7) is 8.82. The second kappa shape index (κ2) is 3.03. The summed E-state index contributed by atoms with van der Waals surface area (Å²) in [4.78, 5) is 0. The monoisotopic (exact) mass is 214 g/mol. The maximum Gasteiger partial charge on any atom is -0.0166 e. The van der Waals surface area contributed by atoms with E-state index in [1.807, 2.05) is 0 Å². The second-order valence-corrected chi connectivity index (χ2v) is 6.73. The van der Waals surface area contributed by atoms with Gasteiger partial charge in [0.1, 0.15) is 0 Å². The Hall–Kier alpha value is -0.520. The molecular formula is C16H22. The van der Waals surface area contributed by atoms with E-state index in [4.69, 9.17) is 0 Å². The highest BCUT2D eigenvalue weighted by Gasteiger charge is 2.56. The minimum atomic E-state index is 0.856. The van der Waals surface area contributed by atoms with Gasteiger partial charge in [-0.1, -0.05) is 24.3 Å². The van der Waals surface area contributed by atoms with Crippen LogP contribution in [0, 0.1) is 35.5 Å². The minimum Gasteiger partial charge on any atom is -0.0996 e. The highest BCUT2D eigenvalue weighted by Crippen LogP contribution is 2.64. The Morgan fingerprint density at radius 1 is 0.938 bits per heavy atom. The largest absolute Gasteiger partial charge is 0.0996 e. The molecule has 16 heavy (non-hydrogen) atoms. The molecule has 0 aromatic carbocycles. The van der Waals surface area contributed by atoms with Gasteiger partial charge in [0.05, 0.1) is 0 Å². The molecule has 86 valence electrons. The Bertz CT molecular complexity index is 364. The molecule has 2 bridgehead atoms. The lowest BCUT2D eigenvalue weighted by atomic mass is 9.76. The van der Waals surface area contributed by atoms with Gasteiger partial charge in [-0.05, 0) is 74.0 Å². The maximum atomic E-state index is 4.46. The van der Waals surface area contributed by atoms with Gasteiger partial charge < -0.3 is 0 Å². The van der Waals surface area contributed by atoms with E-state index in [1.165, 1.54) is 38.5 Å². The molecule has 0 aliphatic heterocycles. The van der Waals surface area contributed by atoms with Gasteiger partial charge in [-0.3, -0.25) is 0 Å². The lowest BCUT2D eigenvalue weighted by molar-refractivity contribution is 0.231. The van der Waals surface area contributed by atoms with E-state index in [1.54, 1.807) is 11.1 Å². The quantitative estimate of drug-likeness (QED) is 0.530. The molecule has 4 aliphatic carbocycles. The molecule has 0 aromatic rings. The SMILES string of the molecule is C=C1CCC2CCC3C(=C)C4CC1CC4C23. The molecule has 4 fully saturated rings. The van der Waals surface area contributed by atoms with Crippen LogP contribution in [0.3, 0.4) is 0 Å². The third-order valence-electron chi connectivity index (χ3n) is 6.33. The van der Waals surface area contributed by atoms with Gasteiger partial charge in [-0.2, -0.15) is 0 Å². The molecule has 4 aliphatic rings.